The van der Waals surface area contributed by atoms with Crippen molar-refractivity contribution in [3.63, 3.8) is 0 Å². The molecule has 2 heterocycles. The maximum atomic E-state index is 12.5. The number of rotatable bonds is 6. The molecule has 0 spiro atoms. The average Bonchev–Trinajstić information content (AvgIpc) is 3.17. The van der Waals surface area contributed by atoms with Crippen molar-refractivity contribution < 1.29 is 22.4 Å². The third kappa shape index (κ3) is 3.73. The van der Waals surface area contributed by atoms with Crippen LogP contribution in [0.1, 0.15) is 18.9 Å². The van der Waals surface area contributed by atoms with Crippen molar-refractivity contribution in [2.24, 2.45) is 0 Å². The van der Waals surface area contributed by atoms with Crippen molar-refractivity contribution in [3.05, 3.63) is 30.1 Å². The van der Waals surface area contributed by atoms with Crippen LogP contribution in [0.15, 0.2) is 28.8 Å². The second-order valence-corrected chi connectivity index (χ2v) is 7.86. The molecule has 9 nitrogen and oxygen atoms in total. The van der Waals surface area contributed by atoms with Crippen LogP contribution in [0.5, 0.6) is 5.75 Å². The lowest BCUT2D eigenvalue weighted by molar-refractivity contribution is -0.01000. The first kappa shape index (κ1) is 18.8. The number of hydrogen-bond donors (Lipinski definition) is 0. The predicted molar refractivity (Wildman–Crippen MR) is 93.8 cm³/mol. The Kier molecular flexibility index (Phi) is 5.56. The summed E-state index contributed by atoms with van der Waals surface area (Å²) >= 11 is 0. The minimum atomic E-state index is -3.52. The third-order valence-electron chi connectivity index (χ3n) is 4.26. The second-order valence-electron chi connectivity index (χ2n) is 5.83. The van der Waals surface area contributed by atoms with E-state index in [1.165, 1.54) is 8.61 Å². The van der Waals surface area contributed by atoms with E-state index in [0.717, 1.165) is 11.3 Å². The standard InChI is InChI=1S/C16H22N4O5S/c1-4-19(2)26(21,22)20-9-10-24-14(11-20)15-17-16(25-18-15)12-5-7-13(23-3)8-6-12/h5-8,14H,4,9-11H2,1-3H3/t14-/m1/s1. The van der Waals surface area contributed by atoms with Gasteiger partial charge in [-0.3, -0.25) is 0 Å². The Morgan fingerprint density at radius 2 is 2.08 bits per heavy atom. The Morgan fingerprint density at radius 1 is 1.35 bits per heavy atom. The monoisotopic (exact) mass is 382 g/mol. The first-order chi connectivity index (χ1) is 12.5. The molecule has 1 fully saturated rings. The van der Waals surface area contributed by atoms with Crippen LogP contribution in [0, 0.1) is 0 Å². The van der Waals surface area contributed by atoms with E-state index in [1.54, 1.807) is 33.2 Å². The maximum Gasteiger partial charge on any atom is 0.281 e. The summed E-state index contributed by atoms with van der Waals surface area (Å²) < 4.78 is 43.8. The Labute approximate surface area is 152 Å². The quantitative estimate of drug-likeness (QED) is 0.743. The molecule has 0 saturated carbocycles. The van der Waals surface area contributed by atoms with E-state index in [1.807, 2.05) is 12.1 Å². The molecule has 1 atom stereocenters. The molecule has 0 aliphatic carbocycles. The first-order valence-corrected chi connectivity index (χ1v) is 9.66. The maximum absolute atomic E-state index is 12.5. The molecular weight excluding hydrogens is 360 g/mol. The van der Waals surface area contributed by atoms with Crippen molar-refractivity contribution in [2.75, 3.05) is 40.4 Å². The first-order valence-electron chi connectivity index (χ1n) is 8.26. The van der Waals surface area contributed by atoms with E-state index >= 15 is 0 Å². The Hall–Kier alpha value is -2.01. The van der Waals surface area contributed by atoms with Gasteiger partial charge in [-0.1, -0.05) is 12.1 Å². The van der Waals surface area contributed by atoms with Gasteiger partial charge in [-0.2, -0.15) is 22.0 Å². The van der Waals surface area contributed by atoms with Crippen molar-refractivity contribution in [1.29, 1.82) is 0 Å². The average molecular weight is 382 g/mol. The zero-order chi connectivity index (χ0) is 18.7. The molecule has 1 saturated heterocycles. The van der Waals surface area contributed by atoms with Gasteiger partial charge in [-0.05, 0) is 24.3 Å². The summed E-state index contributed by atoms with van der Waals surface area (Å²) in [5.41, 5.74) is 0.746. The van der Waals surface area contributed by atoms with Gasteiger partial charge >= 0.3 is 0 Å². The zero-order valence-corrected chi connectivity index (χ0v) is 15.8. The fraction of sp³-hybridized carbons (Fsp3) is 0.500. The van der Waals surface area contributed by atoms with Gasteiger partial charge in [0, 0.05) is 32.2 Å². The van der Waals surface area contributed by atoms with E-state index in [2.05, 4.69) is 10.1 Å². The van der Waals surface area contributed by atoms with Crippen molar-refractivity contribution in [1.82, 2.24) is 18.8 Å². The lowest BCUT2D eigenvalue weighted by atomic mass is 10.2. The molecule has 1 aromatic carbocycles. The summed E-state index contributed by atoms with van der Waals surface area (Å²) in [5.74, 6) is 1.40. The van der Waals surface area contributed by atoms with Gasteiger partial charge in [0.05, 0.1) is 13.7 Å². The van der Waals surface area contributed by atoms with Crippen LogP contribution in [-0.4, -0.2) is 67.6 Å². The summed E-state index contributed by atoms with van der Waals surface area (Å²) in [6, 6.07) is 7.21. The smallest absolute Gasteiger partial charge is 0.281 e. The molecule has 2 aromatic rings. The van der Waals surface area contributed by atoms with Gasteiger partial charge in [-0.15, -0.1) is 0 Å². The molecule has 0 radical (unpaired) electrons. The van der Waals surface area contributed by atoms with E-state index in [9.17, 15) is 8.42 Å². The van der Waals surface area contributed by atoms with Gasteiger partial charge in [0.15, 0.2) is 0 Å². The largest absolute Gasteiger partial charge is 0.497 e. The van der Waals surface area contributed by atoms with Crippen LogP contribution < -0.4 is 4.74 Å². The van der Waals surface area contributed by atoms with Crippen LogP contribution in [-0.2, 0) is 14.9 Å². The number of nitrogens with zero attached hydrogens (tertiary/aromatic N) is 4. The molecular formula is C16H22N4O5S. The number of benzene rings is 1. The number of morpholine rings is 1. The lowest BCUT2D eigenvalue weighted by Gasteiger charge is -2.32. The van der Waals surface area contributed by atoms with E-state index in [4.69, 9.17) is 14.0 Å². The van der Waals surface area contributed by atoms with Crippen LogP contribution in [0.3, 0.4) is 0 Å². The van der Waals surface area contributed by atoms with Gasteiger partial charge in [0.2, 0.25) is 5.82 Å². The minimum absolute atomic E-state index is 0.147. The highest BCUT2D eigenvalue weighted by molar-refractivity contribution is 7.86. The fourth-order valence-electron chi connectivity index (χ4n) is 2.57. The molecule has 26 heavy (non-hydrogen) atoms. The Morgan fingerprint density at radius 3 is 2.73 bits per heavy atom. The number of aromatic nitrogens is 2. The van der Waals surface area contributed by atoms with Crippen molar-refractivity contribution in [3.8, 4) is 17.2 Å². The highest BCUT2D eigenvalue weighted by Gasteiger charge is 2.34. The van der Waals surface area contributed by atoms with Crippen LogP contribution in [0.2, 0.25) is 0 Å². The highest BCUT2D eigenvalue weighted by atomic mass is 32.2. The molecule has 0 unspecified atom stereocenters. The van der Waals surface area contributed by atoms with Crippen LogP contribution in [0.4, 0.5) is 0 Å². The van der Waals surface area contributed by atoms with Crippen LogP contribution in [0.25, 0.3) is 11.5 Å². The normalized spacial score (nSPS) is 19.0. The summed E-state index contributed by atoms with van der Waals surface area (Å²) in [5, 5.41) is 3.96. The van der Waals surface area contributed by atoms with Crippen molar-refractivity contribution >= 4 is 10.2 Å². The molecule has 0 bridgehead atoms. The molecule has 10 heteroatoms. The summed E-state index contributed by atoms with van der Waals surface area (Å²) in [6.07, 6.45) is -0.570. The molecule has 1 aliphatic rings. The zero-order valence-electron chi connectivity index (χ0n) is 15.0. The molecule has 0 amide bonds. The summed E-state index contributed by atoms with van der Waals surface area (Å²) in [4.78, 5) is 4.36. The van der Waals surface area contributed by atoms with Gasteiger partial charge in [-0.25, -0.2) is 0 Å². The molecule has 1 aliphatic heterocycles. The fourth-order valence-corrected chi connectivity index (χ4v) is 3.92. The summed E-state index contributed by atoms with van der Waals surface area (Å²) in [6.45, 7) is 2.90. The second kappa shape index (κ2) is 7.70. The molecule has 0 N–H and O–H groups in total. The number of ether oxygens (including phenoxy) is 2. The number of hydrogen-bond acceptors (Lipinski definition) is 7. The molecule has 3 rings (SSSR count). The van der Waals surface area contributed by atoms with Gasteiger partial charge in [0.25, 0.3) is 16.1 Å². The summed E-state index contributed by atoms with van der Waals surface area (Å²) in [7, 11) is -0.375. The lowest BCUT2D eigenvalue weighted by Crippen LogP contribution is -2.48. The SMILES string of the molecule is CCN(C)S(=O)(=O)N1CCO[C@@H](c2noc(-c3ccc(OC)cc3)n2)C1. The van der Waals surface area contributed by atoms with Crippen LogP contribution >= 0.6 is 0 Å². The third-order valence-corrected chi connectivity index (χ3v) is 6.29. The van der Waals surface area contributed by atoms with E-state index in [0.29, 0.717) is 24.8 Å². The molecule has 1 aromatic heterocycles. The van der Waals surface area contributed by atoms with Gasteiger partial charge < -0.3 is 14.0 Å². The predicted octanol–water partition coefficient (Wildman–Crippen LogP) is 1.32. The number of methoxy groups -OCH3 is 1. The van der Waals surface area contributed by atoms with Crippen molar-refractivity contribution in [2.45, 2.75) is 13.0 Å². The Balaban J connectivity index is 1.76. The Bertz CT molecular complexity index is 837. The molecule has 142 valence electrons. The highest BCUT2D eigenvalue weighted by Crippen LogP contribution is 2.26. The van der Waals surface area contributed by atoms with E-state index < -0.39 is 16.3 Å². The van der Waals surface area contributed by atoms with E-state index in [-0.39, 0.29) is 13.2 Å². The minimum Gasteiger partial charge on any atom is -0.497 e. The van der Waals surface area contributed by atoms with Gasteiger partial charge in [0.1, 0.15) is 11.9 Å². The topological polar surface area (TPSA) is 98.0 Å².